The van der Waals surface area contributed by atoms with Gasteiger partial charge < -0.3 is 14.3 Å². The molecular formula is C16H15ClN2OS. The molecule has 2 aromatic carbocycles. The summed E-state index contributed by atoms with van der Waals surface area (Å²) in [5, 5.41) is 0.734. The lowest BCUT2D eigenvalue weighted by atomic mass is 10.1. The average molecular weight is 319 g/mol. The van der Waals surface area contributed by atoms with Crippen molar-refractivity contribution in [1.29, 1.82) is 0 Å². The number of nitrogens with one attached hydrogen (secondary N) is 1. The third-order valence-corrected chi connectivity index (χ3v) is 4.21. The molecule has 0 saturated heterocycles. The molecule has 5 heteroatoms. The van der Waals surface area contributed by atoms with Crippen LogP contribution in [0.5, 0.6) is 5.75 Å². The first-order valence-corrected chi connectivity index (χ1v) is 7.42. The number of benzene rings is 2. The van der Waals surface area contributed by atoms with Gasteiger partial charge in [-0.15, -0.1) is 0 Å². The second kappa shape index (κ2) is 5.54. The highest BCUT2D eigenvalue weighted by Crippen LogP contribution is 2.27. The Labute approximate surface area is 133 Å². The van der Waals surface area contributed by atoms with Gasteiger partial charge in [0.15, 0.2) is 4.77 Å². The lowest BCUT2D eigenvalue weighted by Gasteiger charge is -2.15. The number of nitrogens with zero attached hydrogens (tertiary/aromatic N) is 1. The quantitative estimate of drug-likeness (QED) is 0.691. The number of rotatable bonds is 3. The molecule has 0 radical (unpaired) electrons. The van der Waals surface area contributed by atoms with Gasteiger partial charge >= 0.3 is 0 Å². The molecule has 0 spiro atoms. The second-order valence-corrected chi connectivity index (χ2v) is 5.73. The van der Waals surface area contributed by atoms with Crippen LogP contribution >= 0.6 is 23.8 Å². The smallest absolute Gasteiger partial charge is 0.178 e. The van der Waals surface area contributed by atoms with E-state index >= 15 is 0 Å². The van der Waals surface area contributed by atoms with Crippen LogP contribution in [0.3, 0.4) is 0 Å². The molecule has 0 fully saturated rings. The molecule has 1 unspecified atom stereocenters. The molecule has 1 aromatic heterocycles. The van der Waals surface area contributed by atoms with E-state index in [0.29, 0.717) is 4.77 Å². The van der Waals surface area contributed by atoms with E-state index in [1.54, 1.807) is 7.11 Å². The largest absolute Gasteiger partial charge is 0.497 e. The molecule has 0 amide bonds. The lowest BCUT2D eigenvalue weighted by Crippen LogP contribution is -2.06. The van der Waals surface area contributed by atoms with Crippen LogP contribution in [0.2, 0.25) is 5.02 Å². The van der Waals surface area contributed by atoms with Crippen LogP contribution in [0, 0.1) is 4.77 Å². The van der Waals surface area contributed by atoms with Gasteiger partial charge in [0.1, 0.15) is 5.75 Å². The SMILES string of the molecule is COc1ccc2c(c1)[nH]c(=S)n2C(C)c1ccc(Cl)cc1. The van der Waals surface area contributed by atoms with Crippen molar-refractivity contribution in [2.45, 2.75) is 13.0 Å². The maximum Gasteiger partial charge on any atom is 0.178 e. The first-order valence-electron chi connectivity index (χ1n) is 6.64. The maximum atomic E-state index is 5.95. The van der Waals surface area contributed by atoms with Crippen molar-refractivity contribution in [3.8, 4) is 5.75 Å². The van der Waals surface area contributed by atoms with Gasteiger partial charge in [-0.05, 0) is 49.0 Å². The van der Waals surface area contributed by atoms with Gasteiger partial charge in [-0.2, -0.15) is 0 Å². The van der Waals surface area contributed by atoms with Crippen molar-refractivity contribution in [3.63, 3.8) is 0 Å². The number of aromatic amines is 1. The second-order valence-electron chi connectivity index (χ2n) is 4.91. The fraction of sp³-hybridized carbons (Fsp3) is 0.188. The molecule has 1 heterocycles. The van der Waals surface area contributed by atoms with E-state index in [1.807, 2.05) is 42.5 Å². The molecule has 0 aliphatic heterocycles. The van der Waals surface area contributed by atoms with Crippen molar-refractivity contribution in [3.05, 3.63) is 57.8 Å². The standard InChI is InChI=1S/C16H15ClN2OS/c1-10(11-3-5-12(17)6-4-11)19-15-8-7-13(20-2)9-14(15)18-16(19)21/h3-10H,1-2H3,(H,18,21). The summed E-state index contributed by atoms with van der Waals surface area (Å²) in [6.07, 6.45) is 0. The van der Waals surface area contributed by atoms with E-state index in [2.05, 4.69) is 16.5 Å². The monoisotopic (exact) mass is 318 g/mol. The Bertz CT molecular complexity index is 836. The molecule has 3 nitrogen and oxygen atoms in total. The molecule has 3 rings (SSSR count). The van der Waals surface area contributed by atoms with Gasteiger partial charge in [0, 0.05) is 11.1 Å². The predicted molar refractivity (Wildman–Crippen MR) is 88.9 cm³/mol. The van der Waals surface area contributed by atoms with Gasteiger partial charge in [-0.3, -0.25) is 0 Å². The highest BCUT2D eigenvalue weighted by Gasteiger charge is 2.13. The lowest BCUT2D eigenvalue weighted by molar-refractivity contribution is 0.415. The number of ether oxygens (including phenoxy) is 1. The van der Waals surface area contributed by atoms with Gasteiger partial charge in [-0.25, -0.2) is 0 Å². The minimum Gasteiger partial charge on any atom is -0.497 e. The van der Waals surface area contributed by atoms with Gasteiger partial charge in [0.2, 0.25) is 0 Å². The third kappa shape index (κ3) is 2.57. The van der Waals surface area contributed by atoms with E-state index in [-0.39, 0.29) is 6.04 Å². The Morgan fingerprint density at radius 1 is 1.19 bits per heavy atom. The maximum absolute atomic E-state index is 5.95. The van der Waals surface area contributed by atoms with E-state index < -0.39 is 0 Å². The number of halogens is 1. The number of fused-ring (bicyclic) bond motifs is 1. The van der Waals surface area contributed by atoms with E-state index in [1.165, 1.54) is 0 Å². The predicted octanol–water partition coefficient (Wildman–Crippen LogP) is 4.97. The number of hydrogen-bond acceptors (Lipinski definition) is 2. The van der Waals surface area contributed by atoms with Crippen LogP contribution in [-0.2, 0) is 0 Å². The first kappa shape index (κ1) is 14.2. The number of methoxy groups -OCH3 is 1. The van der Waals surface area contributed by atoms with Gasteiger partial charge in [-0.1, -0.05) is 23.7 Å². The summed E-state index contributed by atoms with van der Waals surface area (Å²) in [6.45, 7) is 2.12. The summed E-state index contributed by atoms with van der Waals surface area (Å²) < 4.78 is 8.05. The molecule has 0 aliphatic rings. The fourth-order valence-corrected chi connectivity index (χ4v) is 3.00. The number of hydrogen-bond donors (Lipinski definition) is 1. The summed E-state index contributed by atoms with van der Waals surface area (Å²) in [5.74, 6) is 0.810. The highest BCUT2D eigenvalue weighted by atomic mass is 35.5. The van der Waals surface area contributed by atoms with Crippen molar-refractivity contribution < 1.29 is 4.74 Å². The summed E-state index contributed by atoms with van der Waals surface area (Å²) >= 11 is 11.4. The van der Waals surface area contributed by atoms with Crippen LogP contribution < -0.4 is 4.74 Å². The van der Waals surface area contributed by atoms with Crippen molar-refractivity contribution in [2.75, 3.05) is 7.11 Å². The Kier molecular flexibility index (Phi) is 3.74. The van der Waals surface area contributed by atoms with Gasteiger partial charge in [0.25, 0.3) is 0 Å². The van der Waals surface area contributed by atoms with Gasteiger partial charge in [0.05, 0.1) is 24.2 Å². The zero-order valence-electron chi connectivity index (χ0n) is 11.8. The normalized spacial score (nSPS) is 12.5. The Morgan fingerprint density at radius 2 is 1.90 bits per heavy atom. The molecule has 0 aliphatic carbocycles. The molecule has 0 bridgehead atoms. The molecule has 1 atom stereocenters. The molecule has 0 saturated carbocycles. The Balaban J connectivity index is 2.13. The molecule has 108 valence electrons. The Hall–Kier alpha value is -1.78. The van der Waals surface area contributed by atoms with Crippen LogP contribution in [-0.4, -0.2) is 16.7 Å². The van der Waals surface area contributed by atoms with E-state index in [4.69, 9.17) is 28.6 Å². The average Bonchev–Trinajstić information content (AvgIpc) is 2.82. The molecule has 3 aromatic rings. The van der Waals surface area contributed by atoms with Crippen molar-refractivity contribution >= 4 is 34.9 Å². The van der Waals surface area contributed by atoms with Crippen LogP contribution in [0.4, 0.5) is 0 Å². The summed E-state index contributed by atoms with van der Waals surface area (Å²) in [4.78, 5) is 3.24. The van der Waals surface area contributed by atoms with Crippen LogP contribution in [0.1, 0.15) is 18.5 Å². The van der Waals surface area contributed by atoms with E-state index in [0.717, 1.165) is 27.4 Å². The zero-order chi connectivity index (χ0) is 15.0. The topological polar surface area (TPSA) is 29.9 Å². The van der Waals surface area contributed by atoms with E-state index in [9.17, 15) is 0 Å². The first-order chi connectivity index (χ1) is 10.1. The zero-order valence-corrected chi connectivity index (χ0v) is 13.3. The van der Waals surface area contributed by atoms with Crippen molar-refractivity contribution in [2.24, 2.45) is 0 Å². The van der Waals surface area contributed by atoms with Crippen molar-refractivity contribution in [1.82, 2.24) is 9.55 Å². The van der Waals surface area contributed by atoms with Crippen LogP contribution in [0.25, 0.3) is 11.0 Å². The third-order valence-electron chi connectivity index (χ3n) is 3.66. The van der Waals surface area contributed by atoms with Crippen LogP contribution in [0.15, 0.2) is 42.5 Å². The highest BCUT2D eigenvalue weighted by molar-refractivity contribution is 7.71. The molecule has 21 heavy (non-hydrogen) atoms. The minimum atomic E-state index is 0.122. The molecular weight excluding hydrogens is 304 g/mol. The summed E-state index contributed by atoms with van der Waals surface area (Å²) in [7, 11) is 1.66. The summed E-state index contributed by atoms with van der Waals surface area (Å²) in [5.41, 5.74) is 3.19. The number of aromatic nitrogens is 2. The fourth-order valence-electron chi connectivity index (χ4n) is 2.51. The number of imidazole rings is 1. The molecule has 1 N–H and O–H groups in total. The number of H-pyrrole nitrogens is 1. The Morgan fingerprint density at radius 3 is 2.57 bits per heavy atom. The minimum absolute atomic E-state index is 0.122. The summed E-state index contributed by atoms with van der Waals surface area (Å²) in [6, 6.07) is 13.9.